The zero-order chi connectivity index (χ0) is 26.8. The van der Waals surface area contributed by atoms with E-state index in [9.17, 15) is 13.7 Å². The molecule has 1 N–H and O–H groups in total. The number of sulfonamides is 1. The topological polar surface area (TPSA) is 118 Å². The number of rotatable bonds is 8. The quantitative estimate of drug-likeness (QED) is 0.284. The van der Waals surface area contributed by atoms with Crippen molar-refractivity contribution >= 4 is 50.2 Å². The average Bonchev–Trinajstić information content (AvgIpc) is 2.86. The van der Waals surface area contributed by atoms with Gasteiger partial charge in [0.1, 0.15) is 18.2 Å². The van der Waals surface area contributed by atoms with Gasteiger partial charge in [0.05, 0.1) is 40.1 Å². The number of fused-ring (bicyclic) bond motifs is 1. The van der Waals surface area contributed by atoms with Crippen LogP contribution in [0.3, 0.4) is 0 Å². The van der Waals surface area contributed by atoms with Crippen LogP contribution < -0.4 is 9.46 Å². The van der Waals surface area contributed by atoms with Crippen molar-refractivity contribution in [1.82, 2.24) is 15.0 Å². The van der Waals surface area contributed by atoms with Crippen molar-refractivity contribution in [2.24, 2.45) is 0 Å². The van der Waals surface area contributed by atoms with Crippen molar-refractivity contribution in [2.45, 2.75) is 19.3 Å². The molecule has 0 atom stereocenters. The fraction of sp³-hybridized carbons (Fsp3) is 0.231. The zero-order valence-corrected chi connectivity index (χ0v) is 22.6. The molecule has 0 saturated heterocycles. The van der Waals surface area contributed by atoms with E-state index in [0.29, 0.717) is 33.2 Å². The van der Waals surface area contributed by atoms with Crippen LogP contribution in [0.25, 0.3) is 22.3 Å². The Morgan fingerprint density at radius 1 is 1.05 bits per heavy atom. The molecule has 0 bridgehead atoms. The molecule has 0 aliphatic rings. The van der Waals surface area contributed by atoms with E-state index in [1.165, 1.54) is 6.20 Å². The van der Waals surface area contributed by atoms with Crippen molar-refractivity contribution in [3.05, 3.63) is 76.4 Å². The summed E-state index contributed by atoms with van der Waals surface area (Å²) in [5, 5.41) is 10.0. The molecule has 0 saturated carbocycles. The Balaban J connectivity index is 1.62. The van der Waals surface area contributed by atoms with E-state index < -0.39 is 15.4 Å². The minimum absolute atomic E-state index is 0.00515. The van der Waals surface area contributed by atoms with E-state index in [1.54, 1.807) is 12.1 Å². The zero-order valence-electron chi connectivity index (χ0n) is 20.3. The van der Waals surface area contributed by atoms with Crippen LogP contribution in [0.15, 0.2) is 54.7 Å². The summed E-state index contributed by atoms with van der Waals surface area (Å²) in [5.41, 5.74) is 4.47. The first-order valence-corrected chi connectivity index (χ1v) is 14.0. The van der Waals surface area contributed by atoms with Gasteiger partial charge in [-0.1, -0.05) is 49.7 Å². The fourth-order valence-corrected chi connectivity index (χ4v) is 4.63. The van der Waals surface area contributed by atoms with Crippen LogP contribution in [0.1, 0.15) is 30.5 Å². The van der Waals surface area contributed by atoms with Gasteiger partial charge >= 0.3 is 0 Å². The Morgan fingerprint density at radius 2 is 1.78 bits per heavy atom. The molecule has 4 rings (SSSR count). The summed E-state index contributed by atoms with van der Waals surface area (Å²) >= 11 is 12.2. The standard InChI is InChI=1S/C26H23Cl2N5O3S/c1-26(2,19-12-17(14-29)24(20(28)13-19)36-11-10-27)18-6-4-16(5-7-18)21-8-9-22-23(31-21)15-30-25(32-22)33-37(3,34)35/h4-9,12-13,15H,10-11H2,1-3H3,(H,30,32,33). The Labute approximate surface area is 225 Å². The Morgan fingerprint density at radius 3 is 2.43 bits per heavy atom. The first-order chi connectivity index (χ1) is 17.5. The fourth-order valence-electron chi connectivity index (χ4n) is 3.85. The van der Waals surface area contributed by atoms with Crippen molar-refractivity contribution in [3.8, 4) is 23.1 Å². The minimum Gasteiger partial charge on any atom is -0.489 e. The first-order valence-electron chi connectivity index (χ1n) is 11.2. The van der Waals surface area contributed by atoms with Gasteiger partial charge < -0.3 is 4.74 Å². The lowest BCUT2D eigenvalue weighted by atomic mass is 9.77. The highest BCUT2D eigenvalue weighted by Crippen LogP contribution is 2.38. The summed E-state index contributed by atoms with van der Waals surface area (Å²) in [6.07, 6.45) is 2.52. The largest absolute Gasteiger partial charge is 0.489 e. The summed E-state index contributed by atoms with van der Waals surface area (Å²) in [6.45, 7) is 4.37. The third-order valence-electron chi connectivity index (χ3n) is 5.83. The molecule has 0 spiro atoms. The highest BCUT2D eigenvalue weighted by molar-refractivity contribution is 7.91. The second-order valence-corrected chi connectivity index (χ2v) is 11.4. The van der Waals surface area contributed by atoms with E-state index in [2.05, 4.69) is 39.6 Å². The molecule has 0 unspecified atom stereocenters. The summed E-state index contributed by atoms with van der Waals surface area (Å²) in [6, 6.07) is 17.3. The maximum atomic E-state index is 11.4. The van der Waals surface area contributed by atoms with Gasteiger partial charge in [0, 0.05) is 11.0 Å². The van der Waals surface area contributed by atoms with Crippen molar-refractivity contribution in [3.63, 3.8) is 0 Å². The smallest absolute Gasteiger partial charge is 0.237 e. The van der Waals surface area contributed by atoms with Crippen LogP contribution in [-0.2, 0) is 15.4 Å². The second kappa shape index (κ2) is 10.5. The normalized spacial score (nSPS) is 11.8. The number of benzene rings is 2. The molecule has 37 heavy (non-hydrogen) atoms. The van der Waals surface area contributed by atoms with Crippen LogP contribution in [-0.4, -0.2) is 42.1 Å². The summed E-state index contributed by atoms with van der Waals surface area (Å²) in [4.78, 5) is 12.9. The van der Waals surface area contributed by atoms with Gasteiger partial charge in [0.2, 0.25) is 16.0 Å². The number of hydrogen-bond acceptors (Lipinski definition) is 7. The number of aromatic nitrogens is 3. The number of alkyl halides is 1. The summed E-state index contributed by atoms with van der Waals surface area (Å²) in [5.74, 6) is 0.626. The highest BCUT2D eigenvalue weighted by Gasteiger charge is 2.26. The third kappa shape index (κ3) is 5.93. The second-order valence-electron chi connectivity index (χ2n) is 8.86. The molecular weight excluding hydrogens is 533 g/mol. The molecule has 2 aromatic heterocycles. The van der Waals surface area contributed by atoms with E-state index in [-0.39, 0.29) is 12.6 Å². The SMILES string of the molecule is CC(C)(c1ccc(-c2ccc3nc(NS(C)(=O)=O)ncc3n2)cc1)c1cc(Cl)c(OCCCl)c(C#N)c1. The van der Waals surface area contributed by atoms with Gasteiger partial charge in [-0.15, -0.1) is 11.6 Å². The van der Waals surface area contributed by atoms with Crippen molar-refractivity contribution in [2.75, 3.05) is 23.5 Å². The van der Waals surface area contributed by atoms with Crippen molar-refractivity contribution in [1.29, 1.82) is 5.26 Å². The average molecular weight is 556 g/mol. The Bertz CT molecular complexity index is 1620. The number of nitrogens with zero attached hydrogens (tertiary/aromatic N) is 4. The lowest BCUT2D eigenvalue weighted by molar-refractivity contribution is 0.341. The van der Waals surface area contributed by atoms with E-state index >= 15 is 0 Å². The monoisotopic (exact) mass is 555 g/mol. The van der Waals surface area contributed by atoms with Crippen LogP contribution in [0.4, 0.5) is 5.95 Å². The minimum atomic E-state index is -3.48. The molecule has 2 heterocycles. The highest BCUT2D eigenvalue weighted by atomic mass is 35.5. The first kappa shape index (κ1) is 26.6. The van der Waals surface area contributed by atoms with Gasteiger partial charge in [-0.3, -0.25) is 4.72 Å². The number of ether oxygens (including phenoxy) is 1. The molecule has 0 amide bonds. The molecule has 0 aliphatic heterocycles. The summed E-state index contributed by atoms with van der Waals surface area (Å²) < 4.78 is 30.7. The molecule has 0 fully saturated rings. The maximum absolute atomic E-state index is 11.4. The van der Waals surface area contributed by atoms with Gasteiger partial charge in [0.25, 0.3) is 0 Å². The predicted molar refractivity (Wildman–Crippen MR) is 146 cm³/mol. The van der Waals surface area contributed by atoms with E-state index in [1.807, 2.05) is 36.4 Å². The number of nitrogens with one attached hydrogen (secondary N) is 1. The maximum Gasteiger partial charge on any atom is 0.237 e. The molecule has 0 radical (unpaired) electrons. The molecule has 8 nitrogen and oxygen atoms in total. The Hall–Kier alpha value is -3.45. The van der Waals surface area contributed by atoms with Gasteiger partial charge in [-0.2, -0.15) is 5.26 Å². The van der Waals surface area contributed by atoms with Crippen LogP contribution in [0, 0.1) is 11.3 Å². The number of pyridine rings is 1. The van der Waals surface area contributed by atoms with Crippen molar-refractivity contribution < 1.29 is 13.2 Å². The molecular formula is C26H23Cl2N5O3S. The predicted octanol–water partition coefficient (Wildman–Crippen LogP) is 5.53. The van der Waals surface area contributed by atoms with Gasteiger partial charge in [-0.25, -0.2) is 23.4 Å². The molecule has 4 aromatic rings. The molecule has 2 aromatic carbocycles. The number of hydrogen-bond donors (Lipinski definition) is 1. The summed E-state index contributed by atoms with van der Waals surface area (Å²) in [7, 11) is -3.48. The van der Waals surface area contributed by atoms with E-state index in [0.717, 1.165) is 28.6 Å². The molecule has 0 aliphatic carbocycles. The van der Waals surface area contributed by atoms with Crippen LogP contribution in [0.2, 0.25) is 5.02 Å². The van der Waals surface area contributed by atoms with Crippen LogP contribution >= 0.6 is 23.2 Å². The van der Waals surface area contributed by atoms with Crippen LogP contribution in [0.5, 0.6) is 5.75 Å². The Kier molecular flexibility index (Phi) is 7.55. The molecule has 11 heteroatoms. The lowest BCUT2D eigenvalue weighted by Gasteiger charge is -2.27. The number of anilines is 1. The van der Waals surface area contributed by atoms with Gasteiger partial charge in [-0.05, 0) is 35.4 Å². The molecule has 190 valence electrons. The number of nitriles is 1. The third-order valence-corrected chi connectivity index (χ3v) is 6.81. The lowest BCUT2D eigenvalue weighted by Crippen LogP contribution is -2.19. The van der Waals surface area contributed by atoms with Gasteiger partial charge in [0.15, 0.2) is 5.75 Å². The van der Waals surface area contributed by atoms with E-state index in [4.69, 9.17) is 27.9 Å². The number of halogens is 2.